The van der Waals surface area contributed by atoms with Crippen molar-refractivity contribution >= 4 is 23.7 Å². The van der Waals surface area contributed by atoms with Crippen LogP contribution in [0, 0.1) is 0 Å². The van der Waals surface area contributed by atoms with Crippen LogP contribution in [0.15, 0.2) is 30.3 Å². The first kappa shape index (κ1) is 18.1. The molecule has 0 saturated carbocycles. The van der Waals surface area contributed by atoms with Crippen LogP contribution in [0.1, 0.15) is 23.7 Å². The minimum atomic E-state index is -1.19. The van der Waals surface area contributed by atoms with Crippen molar-refractivity contribution in [3.05, 3.63) is 35.9 Å². The molecule has 23 heavy (non-hydrogen) atoms. The molecule has 3 amide bonds. The fraction of sp³-hybridized carbons (Fsp3) is 0.333. The van der Waals surface area contributed by atoms with Gasteiger partial charge in [-0.1, -0.05) is 18.2 Å². The summed E-state index contributed by atoms with van der Waals surface area (Å²) in [5, 5.41) is 4.78. The van der Waals surface area contributed by atoms with Gasteiger partial charge in [-0.25, -0.2) is 4.79 Å². The lowest BCUT2D eigenvalue weighted by Crippen LogP contribution is -2.52. The Bertz CT molecular complexity index is 588. The molecule has 124 valence electrons. The second kappa shape index (κ2) is 8.52. The molecule has 0 heterocycles. The van der Waals surface area contributed by atoms with Crippen LogP contribution in [0.5, 0.6) is 0 Å². The number of carbonyl (C=O) groups is 4. The Labute approximate surface area is 133 Å². The van der Waals surface area contributed by atoms with Crippen LogP contribution in [0.3, 0.4) is 0 Å². The second-order valence-corrected chi connectivity index (χ2v) is 4.82. The normalized spacial score (nSPS) is 12.6. The highest BCUT2D eigenvalue weighted by atomic mass is 16.5. The lowest BCUT2D eigenvalue weighted by molar-refractivity contribution is -0.144. The van der Waals surface area contributed by atoms with Crippen molar-refractivity contribution in [3.63, 3.8) is 0 Å². The van der Waals surface area contributed by atoms with Gasteiger partial charge in [-0.15, -0.1) is 0 Å². The Balaban J connectivity index is 2.79. The predicted octanol–water partition coefficient (Wildman–Crippen LogP) is -0.662. The van der Waals surface area contributed by atoms with E-state index in [1.807, 2.05) is 0 Å². The molecule has 0 aliphatic rings. The molecule has 8 heteroatoms. The molecular weight excluding hydrogens is 302 g/mol. The van der Waals surface area contributed by atoms with E-state index in [1.165, 1.54) is 14.0 Å². The Morgan fingerprint density at radius 3 is 2.26 bits per heavy atom. The summed E-state index contributed by atoms with van der Waals surface area (Å²) in [6.07, 6.45) is -0.391. The number of nitrogens with one attached hydrogen (secondary N) is 2. The lowest BCUT2D eigenvalue weighted by atomic mass is 10.1. The van der Waals surface area contributed by atoms with Gasteiger partial charge >= 0.3 is 5.97 Å². The molecule has 0 bridgehead atoms. The number of carbonyl (C=O) groups excluding carboxylic acids is 4. The van der Waals surface area contributed by atoms with Crippen molar-refractivity contribution in [1.82, 2.24) is 10.6 Å². The quantitative estimate of drug-likeness (QED) is 0.574. The average molecular weight is 321 g/mol. The molecular formula is C15H19N3O5. The maximum absolute atomic E-state index is 12.1. The van der Waals surface area contributed by atoms with Gasteiger partial charge in [0, 0.05) is 5.56 Å². The number of ether oxygens (including phenoxy) is 1. The molecule has 1 rings (SSSR count). The van der Waals surface area contributed by atoms with E-state index in [0.717, 1.165) is 0 Å². The van der Waals surface area contributed by atoms with Crippen LogP contribution >= 0.6 is 0 Å². The van der Waals surface area contributed by atoms with Gasteiger partial charge in [-0.05, 0) is 19.1 Å². The van der Waals surface area contributed by atoms with Crippen LogP contribution in [-0.2, 0) is 19.1 Å². The van der Waals surface area contributed by atoms with E-state index < -0.39 is 42.2 Å². The lowest BCUT2D eigenvalue weighted by Gasteiger charge is -2.19. The first-order valence-electron chi connectivity index (χ1n) is 6.87. The molecule has 2 atom stereocenters. The summed E-state index contributed by atoms with van der Waals surface area (Å²) < 4.78 is 4.49. The van der Waals surface area contributed by atoms with Crippen LogP contribution < -0.4 is 16.4 Å². The van der Waals surface area contributed by atoms with E-state index in [2.05, 4.69) is 15.4 Å². The van der Waals surface area contributed by atoms with Gasteiger partial charge in [0.25, 0.3) is 5.91 Å². The van der Waals surface area contributed by atoms with Crippen LogP contribution in [0.25, 0.3) is 0 Å². The molecule has 0 aliphatic carbocycles. The molecule has 0 saturated heterocycles. The van der Waals surface area contributed by atoms with E-state index in [0.29, 0.717) is 5.56 Å². The minimum absolute atomic E-state index is 0.329. The Morgan fingerprint density at radius 2 is 1.74 bits per heavy atom. The molecule has 0 spiro atoms. The van der Waals surface area contributed by atoms with Gasteiger partial charge < -0.3 is 21.1 Å². The molecule has 0 aliphatic heterocycles. The first-order valence-corrected chi connectivity index (χ1v) is 6.87. The molecule has 1 aromatic rings. The summed E-state index contributed by atoms with van der Waals surface area (Å²) in [5.41, 5.74) is 5.43. The zero-order valence-electron chi connectivity index (χ0n) is 12.9. The fourth-order valence-electron chi connectivity index (χ4n) is 1.79. The summed E-state index contributed by atoms with van der Waals surface area (Å²) in [7, 11) is 1.18. The van der Waals surface area contributed by atoms with Crippen molar-refractivity contribution in [2.45, 2.75) is 25.4 Å². The second-order valence-electron chi connectivity index (χ2n) is 4.82. The maximum Gasteiger partial charge on any atom is 0.328 e. The summed E-state index contributed by atoms with van der Waals surface area (Å²) in [6, 6.07) is 6.08. The minimum Gasteiger partial charge on any atom is -0.467 e. The summed E-state index contributed by atoms with van der Waals surface area (Å²) in [4.78, 5) is 46.6. The highest BCUT2D eigenvalue weighted by Gasteiger charge is 2.26. The van der Waals surface area contributed by atoms with Gasteiger partial charge in [0.2, 0.25) is 11.8 Å². The third-order valence-corrected chi connectivity index (χ3v) is 2.98. The molecule has 1 aromatic carbocycles. The van der Waals surface area contributed by atoms with Crippen LogP contribution in [0.2, 0.25) is 0 Å². The van der Waals surface area contributed by atoms with Crippen molar-refractivity contribution in [3.8, 4) is 0 Å². The van der Waals surface area contributed by atoms with E-state index in [9.17, 15) is 19.2 Å². The van der Waals surface area contributed by atoms with Crippen LogP contribution in [-0.4, -0.2) is 42.9 Å². The third-order valence-electron chi connectivity index (χ3n) is 2.98. The topological polar surface area (TPSA) is 128 Å². The van der Waals surface area contributed by atoms with Gasteiger partial charge in [0.15, 0.2) is 0 Å². The maximum atomic E-state index is 12.1. The molecule has 4 N–H and O–H groups in total. The summed E-state index contributed by atoms with van der Waals surface area (Å²) >= 11 is 0. The first-order chi connectivity index (χ1) is 10.8. The van der Waals surface area contributed by atoms with Crippen molar-refractivity contribution in [2.24, 2.45) is 5.73 Å². The number of hydrogen-bond donors (Lipinski definition) is 3. The molecule has 0 fully saturated rings. The molecule has 8 nitrogen and oxygen atoms in total. The summed E-state index contributed by atoms with van der Waals surface area (Å²) in [5.74, 6) is -2.64. The van der Waals surface area contributed by atoms with Crippen molar-refractivity contribution in [2.75, 3.05) is 7.11 Å². The van der Waals surface area contributed by atoms with Crippen molar-refractivity contribution in [1.29, 1.82) is 0 Å². The zero-order valence-corrected chi connectivity index (χ0v) is 12.9. The van der Waals surface area contributed by atoms with Crippen LogP contribution in [0.4, 0.5) is 0 Å². The Hall–Kier alpha value is -2.90. The number of esters is 1. The highest BCUT2D eigenvalue weighted by Crippen LogP contribution is 2.01. The predicted molar refractivity (Wildman–Crippen MR) is 81.1 cm³/mol. The van der Waals surface area contributed by atoms with E-state index in [4.69, 9.17) is 5.73 Å². The number of benzene rings is 1. The number of methoxy groups -OCH3 is 1. The fourth-order valence-corrected chi connectivity index (χ4v) is 1.79. The average Bonchev–Trinajstić information content (AvgIpc) is 2.53. The Kier molecular flexibility index (Phi) is 6.72. The third kappa shape index (κ3) is 5.77. The highest BCUT2D eigenvalue weighted by molar-refractivity contribution is 5.99. The number of nitrogens with two attached hydrogens (primary N) is 1. The standard InChI is InChI=1S/C15H19N3O5/c1-9(15(22)23-2)17-14(21)11(8-12(16)19)18-13(20)10-6-4-3-5-7-10/h3-7,9,11H,8H2,1-2H3,(H2,16,19)(H,17,21)(H,18,20)/t9-,11+/m0/s1. The number of rotatable bonds is 7. The van der Waals surface area contributed by atoms with E-state index >= 15 is 0 Å². The monoisotopic (exact) mass is 321 g/mol. The van der Waals surface area contributed by atoms with Crippen molar-refractivity contribution < 1.29 is 23.9 Å². The molecule has 0 radical (unpaired) electrons. The number of hydrogen-bond acceptors (Lipinski definition) is 5. The largest absolute Gasteiger partial charge is 0.467 e. The van der Waals surface area contributed by atoms with Gasteiger partial charge in [0.1, 0.15) is 12.1 Å². The molecule has 0 unspecified atom stereocenters. The number of primary amides is 1. The van der Waals surface area contributed by atoms with E-state index in [1.54, 1.807) is 30.3 Å². The zero-order chi connectivity index (χ0) is 17.4. The van der Waals surface area contributed by atoms with Gasteiger partial charge in [-0.3, -0.25) is 14.4 Å². The SMILES string of the molecule is COC(=O)[C@H](C)NC(=O)[C@@H](CC(N)=O)NC(=O)c1ccccc1. The molecule has 0 aromatic heterocycles. The number of amides is 3. The van der Waals surface area contributed by atoms with E-state index in [-0.39, 0.29) is 0 Å². The Morgan fingerprint density at radius 1 is 1.13 bits per heavy atom. The van der Waals surface area contributed by atoms with Gasteiger partial charge in [-0.2, -0.15) is 0 Å². The van der Waals surface area contributed by atoms with Gasteiger partial charge in [0.05, 0.1) is 13.5 Å². The smallest absolute Gasteiger partial charge is 0.328 e. The summed E-state index contributed by atoms with van der Waals surface area (Å²) in [6.45, 7) is 1.42.